The molecule has 5 aromatic rings. The lowest BCUT2D eigenvalue weighted by molar-refractivity contribution is 0.376. The van der Waals surface area contributed by atoms with Crippen molar-refractivity contribution in [3.05, 3.63) is 155 Å². The van der Waals surface area contributed by atoms with Crippen LogP contribution in [0.15, 0.2) is 125 Å². The minimum Gasteiger partial charge on any atom is -0.777 e. The van der Waals surface area contributed by atoms with Crippen LogP contribution in [0.3, 0.4) is 0 Å². The maximum absolute atomic E-state index is 3.67. The van der Waals surface area contributed by atoms with E-state index in [0.29, 0.717) is 0 Å². The fourth-order valence-corrected chi connectivity index (χ4v) is 5.84. The molecule has 0 unspecified atom stereocenters. The van der Waals surface area contributed by atoms with Gasteiger partial charge in [-0.1, -0.05) is 125 Å². The maximum Gasteiger partial charge on any atom is 0.421 e. The summed E-state index contributed by atoms with van der Waals surface area (Å²) in [6.45, 7) is 6.47. The average molecular weight is 452 g/mol. The molecule has 6 rings (SSSR count). The van der Waals surface area contributed by atoms with Crippen molar-refractivity contribution in [2.75, 3.05) is 0 Å². The van der Waals surface area contributed by atoms with E-state index in [0.717, 1.165) is 0 Å². The standard InChI is InChI=1S/C33H29BO/c1-24-11-17-28(18-12-24)33-32(27-8-5-4-6-9-27)31-10-7-23-35(31)34(33,29-19-13-25(2)14-20-29)30-21-15-26(3)16-22-30/h4-23H,1-3H3. The Kier molecular flexibility index (Phi) is 5.11. The van der Waals surface area contributed by atoms with Crippen LogP contribution in [0.25, 0.3) is 11.0 Å². The first-order valence-corrected chi connectivity index (χ1v) is 12.4. The highest BCUT2D eigenvalue weighted by atomic mass is 16.5. The van der Waals surface area contributed by atoms with E-state index in [1.54, 1.807) is 0 Å². The summed E-state index contributed by atoms with van der Waals surface area (Å²) in [5.74, 6) is 1.19. The molecule has 2 heteroatoms. The van der Waals surface area contributed by atoms with Crippen molar-refractivity contribution in [1.29, 1.82) is 0 Å². The molecule has 1 aliphatic rings. The van der Waals surface area contributed by atoms with E-state index >= 15 is 0 Å². The first-order chi connectivity index (χ1) is 17.1. The van der Waals surface area contributed by atoms with Crippen molar-refractivity contribution in [2.24, 2.45) is 0 Å². The van der Waals surface area contributed by atoms with Gasteiger partial charge in [-0.2, -0.15) is 0 Å². The predicted octanol–water partition coefficient (Wildman–Crippen LogP) is 7.01. The number of aryl methyl sites for hydroxylation is 3. The van der Waals surface area contributed by atoms with E-state index in [4.69, 9.17) is 0 Å². The Morgan fingerprint density at radius 1 is 0.486 bits per heavy atom. The van der Waals surface area contributed by atoms with Gasteiger partial charge in [0.1, 0.15) is 0 Å². The van der Waals surface area contributed by atoms with Gasteiger partial charge >= 0.3 is 6.35 Å². The molecule has 0 spiro atoms. The van der Waals surface area contributed by atoms with Crippen LogP contribution in [0, 0.1) is 20.8 Å². The van der Waals surface area contributed by atoms with Crippen molar-refractivity contribution >= 4 is 28.3 Å². The zero-order valence-electron chi connectivity index (χ0n) is 20.5. The van der Waals surface area contributed by atoms with Crippen LogP contribution in [0.1, 0.15) is 33.6 Å². The largest absolute Gasteiger partial charge is 0.777 e. The fraction of sp³-hybridized carbons (Fsp3) is 0.0909. The van der Waals surface area contributed by atoms with Gasteiger partial charge in [0.05, 0.1) is 0 Å². The van der Waals surface area contributed by atoms with E-state index in [1.807, 2.05) is 0 Å². The maximum atomic E-state index is 3.67. The Hall–Kier alpha value is -4.04. The number of furan rings is 1. The summed E-state index contributed by atoms with van der Waals surface area (Å²) in [4.78, 5) is 0. The second kappa shape index (κ2) is 8.32. The SMILES string of the molecule is Cc1ccc(C2=C(c3ccccc3)c3ccc[o+]3[B-]2(c2ccc(C)cc2)c2ccc(C)cc2)cc1. The van der Waals surface area contributed by atoms with Crippen molar-refractivity contribution in [1.82, 2.24) is 0 Å². The molecule has 0 aliphatic carbocycles. The van der Waals surface area contributed by atoms with E-state index in [-0.39, 0.29) is 0 Å². The quantitative estimate of drug-likeness (QED) is 0.204. The molecule has 0 radical (unpaired) electrons. The molecule has 2 heterocycles. The summed E-state index contributed by atoms with van der Waals surface area (Å²) < 4.78 is 3.67. The summed E-state index contributed by atoms with van der Waals surface area (Å²) in [5, 5.41) is 0. The fourth-order valence-electron chi connectivity index (χ4n) is 5.84. The highest BCUT2D eigenvalue weighted by Crippen LogP contribution is 2.49. The van der Waals surface area contributed by atoms with Gasteiger partial charge < -0.3 is 3.96 Å². The Labute approximate surface area is 208 Å². The third kappa shape index (κ3) is 3.32. The second-order valence-corrected chi connectivity index (χ2v) is 9.86. The van der Waals surface area contributed by atoms with E-state index in [9.17, 15) is 0 Å². The molecule has 0 saturated carbocycles. The van der Waals surface area contributed by atoms with Crippen molar-refractivity contribution in [3.63, 3.8) is 0 Å². The second-order valence-electron chi connectivity index (χ2n) is 9.86. The molecule has 1 nitrogen and oxygen atoms in total. The molecule has 170 valence electrons. The van der Waals surface area contributed by atoms with Gasteiger partial charge in [-0.05, 0) is 31.9 Å². The molecule has 0 amide bonds. The summed E-state index contributed by atoms with van der Waals surface area (Å²) in [5.41, 5.74) is 11.5. The molecule has 0 bridgehead atoms. The highest BCUT2D eigenvalue weighted by molar-refractivity contribution is 7.13. The van der Waals surface area contributed by atoms with Gasteiger partial charge in [-0.25, -0.2) is 0 Å². The average Bonchev–Trinajstić information content (AvgIpc) is 3.46. The van der Waals surface area contributed by atoms with Gasteiger partial charge in [-0.3, -0.25) is 0 Å². The van der Waals surface area contributed by atoms with Gasteiger partial charge in [-0.15, -0.1) is 10.9 Å². The lowest BCUT2D eigenvalue weighted by Gasteiger charge is -2.39. The predicted molar refractivity (Wildman–Crippen MR) is 150 cm³/mol. The Bertz CT molecular complexity index is 1470. The molecule has 0 saturated heterocycles. The summed E-state index contributed by atoms with van der Waals surface area (Å²) >= 11 is 0. The van der Waals surface area contributed by atoms with Crippen molar-refractivity contribution in [2.45, 2.75) is 20.8 Å². The van der Waals surface area contributed by atoms with E-state index in [2.05, 4.69) is 146 Å². The Balaban J connectivity index is 1.80. The smallest absolute Gasteiger partial charge is 0.421 e. The zero-order chi connectivity index (χ0) is 24.0. The third-order valence-corrected chi connectivity index (χ3v) is 7.55. The lowest BCUT2D eigenvalue weighted by atomic mass is 9.27. The summed E-state index contributed by atoms with van der Waals surface area (Å²) in [6.07, 6.45) is 0.657. The van der Waals surface area contributed by atoms with E-state index < -0.39 is 6.35 Å². The molecular formula is C33H29BO. The van der Waals surface area contributed by atoms with Crippen LogP contribution in [-0.4, -0.2) is 6.35 Å². The minimum absolute atomic E-state index is 1.19. The topological polar surface area (TPSA) is 2.70 Å². The number of rotatable bonds is 4. The Morgan fingerprint density at radius 2 is 1.00 bits per heavy atom. The van der Waals surface area contributed by atoms with Crippen LogP contribution in [-0.2, 0) is 0 Å². The molecular weight excluding hydrogens is 423 g/mol. The molecule has 1 aliphatic heterocycles. The number of hydrogen-bond acceptors (Lipinski definition) is 0. The molecule has 35 heavy (non-hydrogen) atoms. The first kappa shape index (κ1) is 21.5. The van der Waals surface area contributed by atoms with Crippen molar-refractivity contribution in [3.8, 4) is 0 Å². The van der Waals surface area contributed by atoms with Crippen LogP contribution in [0.4, 0.5) is 0 Å². The van der Waals surface area contributed by atoms with Crippen LogP contribution in [0.2, 0.25) is 0 Å². The zero-order valence-corrected chi connectivity index (χ0v) is 20.5. The van der Waals surface area contributed by atoms with Gasteiger partial charge in [0, 0.05) is 17.7 Å². The Morgan fingerprint density at radius 3 is 1.54 bits per heavy atom. The lowest BCUT2D eigenvalue weighted by Crippen LogP contribution is -2.59. The number of fused-ring (bicyclic) bond motifs is 1. The molecule has 0 atom stereocenters. The highest BCUT2D eigenvalue weighted by Gasteiger charge is 2.52. The number of benzene rings is 4. The third-order valence-electron chi connectivity index (χ3n) is 7.55. The van der Waals surface area contributed by atoms with Crippen molar-refractivity contribution < 1.29 is 3.96 Å². The van der Waals surface area contributed by atoms with Crippen LogP contribution in [0.5, 0.6) is 0 Å². The van der Waals surface area contributed by atoms with Gasteiger partial charge in [0.15, 0.2) is 6.26 Å². The molecule has 1 aromatic heterocycles. The summed E-state index contributed by atoms with van der Waals surface area (Å²) in [6, 6.07) is 42.5. The normalized spacial score (nSPS) is 14.3. The summed E-state index contributed by atoms with van der Waals surface area (Å²) in [7, 11) is 0. The minimum atomic E-state index is -1.54. The van der Waals surface area contributed by atoms with E-state index in [1.165, 1.54) is 55.5 Å². The van der Waals surface area contributed by atoms with Crippen LogP contribution < -0.4 is 10.9 Å². The monoisotopic (exact) mass is 452 g/mol. The first-order valence-electron chi connectivity index (χ1n) is 12.4. The van der Waals surface area contributed by atoms with Gasteiger partial charge in [0.25, 0.3) is 0 Å². The van der Waals surface area contributed by atoms with Gasteiger partial charge in [0.2, 0.25) is 5.76 Å². The molecule has 0 fully saturated rings. The molecule has 4 aromatic carbocycles. The molecule has 0 N–H and O–H groups in total. The number of hydrogen-bond donors (Lipinski definition) is 0. The van der Waals surface area contributed by atoms with Crippen LogP contribution >= 0.6 is 0 Å².